The molecule has 0 amide bonds. The summed E-state index contributed by atoms with van der Waals surface area (Å²) in [7, 11) is 1.98. The SMILES string of the molecule is C#CCOCCOCCOCCOCCOC(C)CC.CCCN(C)c1nc(Cl)nc2c1cnn2C1CCC(CO)O1. The number of halogens is 1. The molecule has 0 aliphatic carbocycles. The molecule has 1 saturated heterocycles. The Morgan fingerprint density at radius 3 is 2.29 bits per heavy atom. The van der Waals surface area contributed by atoms with E-state index in [9.17, 15) is 5.11 Å². The van der Waals surface area contributed by atoms with Gasteiger partial charge in [-0.25, -0.2) is 4.68 Å². The number of ether oxygens (including phenoxy) is 6. The first-order valence-electron chi connectivity index (χ1n) is 14.7. The molecule has 3 rings (SSSR count). The second kappa shape index (κ2) is 21.6. The number of aliphatic hydroxyl groups is 1. The van der Waals surface area contributed by atoms with Crippen molar-refractivity contribution in [2.24, 2.45) is 0 Å². The highest BCUT2D eigenvalue weighted by Crippen LogP contribution is 2.32. The van der Waals surface area contributed by atoms with E-state index in [0.717, 1.165) is 43.4 Å². The maximum Gasteiger partial charge on any atom is 0.226 e. The average molecular weight is 614 g/mol. The van der Waals surface area contributed by atoms with E-state index in [2.05, 4.69) is 41.8 Å². The molecule has 1 aliphatic heterocycles. The smallest absolute Gasteiger partial charge is 0.226 e. The van der Waals surface area contributed by atoms with Crippen molar-refractivity contribution in [1.82, 2.24) is 19.7 Å². The van der Waals surface area contributed by atoms with Crippen LogP contribution in [-0.4, -0.2) is 117 Å². The Hall–Kier alpha value is -2.08. The molecule has 0 aromatic carbocycles. The molecule has 12 nitrogen and oxygen atoms in total. The van der Waals surface area contributed by atoms with Gasteiger partial charge in [-0.05, 0) is 44.2 Å². The van der Waals surface area contributed by atoms with E-state index in [1.54, 1.807) is 10.9 Å². The summed E-state index contributed by atoms with van der Waals surface area (Å²) in [6.45, 7) is 12.1. The lowest BCUT2D eigenvalue weighted by atomic mass is 10.2. The van der Waals surface area contributed by atoms with E-state index in [1.807, 2.05) is 11.9 Å². The summed E-state index contributed by atoms with van der Waals surface area (Å²) in [5.74, 6) is 3.17. The Balaban J connectivity index is 0.000000296. The molecule has 0 radical (unpaired) electrons. The molecule has 3 unspecified atom stereocenters. The Morgan fingerprint density at radius 1 is 1.07 bits per heavy atom. The minimum Gasteiger partial charge on any atom is -0.394 e. The van der Waals surface area contributed by atoms with Crippen LogP contribution in [0.4, 0.5) is 5.82 Å². The summed E-state index contributed by atoms with van der Waals surface area (Å²) < 4.78 is 34.1. The third-order valence-electron chi connectivity index (χ3n) is 6.39. The van der Waals surface area contributed by atoms with Crippen LogP contribution in [0.1, 0.15) is 52.7 Å². The lowest BCUT2D eigenvalue weighted by molar-refractivity contribution is -0.0262. The van der Waals surface area contributed by atoms with Gasteiger partial charge in [-0.1, -0.05) is 19.8 Å². The first-order chi connectivity index (χ1) is 20.4. The Labute approximate surface area is 254 Å². The molecule has 1 fully saturated rings. The van der Waals surface area contributed by atoms with Crippen LogP contribution in [0.2, 0.25) is 5.28 Å². The Bertz CT molecular complexity index is 1040. The molecule has 238 valence electrons. The summed E-state index contributed by atoms with van der Waals surface area (Å²) >= 11 is 6.09. The summed E-state index contributed by atoms with van der Waals surface area (Å²) in [5.41, 5.74) is 0.668. The highest BCUT2D eigenvalue weighted by Gasteiger charge is 2.29. The van der Waals surface area contributed by atoms with E-state index in [0.29, 0.717) is 71.2 Å². The number of aromatic nitrogens is 4. The third-order valence-corrected chi connectivity index (χ3v) is 6.56. The van der Waals surface area contributed by atoms with Crippen molar-refractivity contribution in [2.75, 3.05) is 84.6 Å². The van der Waals surface area contributed by atoms with Gasteiger partial charge in [0.25, 0.3) is 0 Å². The van der Waals surface area contributed by atoms with Gasteiger partial charge in [0.2, 0.25) is 5.28 Å². The van der Waals surface area contributed by atoms with Crippen LogP contribution < -0.4 is 4.90 Å². The lowest BCUT2D eigenvalue weighted by Gasteiger charge is -2.18. The number of hydrogen-bond acceptors (Lipinski definition) is 11. The van der Waals surface area contributed by atoms with Crippen LogP contribution in [0.15, 0.2) is 6.20 Å². The van der Waals surface area contributed by atoms with Crippen molar-refractivity contribution in [3.63, 3.8) is 0 Å². The van der Waals surface area contributed by atoms with Gasteiger partial charge in [0.15, 0.2) is 11.9 Å². The topological polar surface area (TPSA) is 122 Å². The minimum atomic E-state index is -0.218. The summed E-state index contributed by atoms with van der Waals surface area (Å²) in [6, 6.07) is 0. The highest BCUT2D eigenvalue weighted by molar-refractivity contribution is 6.28. The van der Waals surface area contributed by atoms with Crippen molar-refractivity contribution in [2.45, 2.75) is 64.9 Å². The summed E-state index contributed by atoms with van der Waals surface area (Å²) in [4.78, 5) is 10.7. The summed E-state index contributed by atoms with van der Waals surface area (Å²) in [6.07, 6.45) is 10.4. The van der Waals surface area contributed by atoms with E-state index >= 15 is 0 Å². The minimum absolute atomic E-state index is 0.0237. The molecule has 0 spiro atoms. The van der Waals surface area contributed by atoms with Crippen LogP contribution in [0.3, 0.4) is 0 Å². The Morgan fingerprint density at radius 2 is 1.71 bits per heavy atom. The van der Waals surface area contributed by atoms with Crippen LogP contribution in [0.5, 0.6) is 0 Å². The first kappa shape index (κ1) is 36.1. The summed E-state index contributed by atoms with van der Waals surface area (Å²) in [5, 5.41) is 14.7. The molecule has 2 aromatic rings. The van der Waals surface area contributed by atoms with Gasteiger partial charge >= 0.3 is 0 Å². The fourth-order valence-corrected chi connectivity index (χ4v) is 4.21. The normalized spacial score (nSPS) is 17.2. The van der Waals surface area contributed by atoms with Crippen molar-refractivity contribution >= 4 is 28.5 Å². The molecule has 0 saturated carbocycles. The van der Waals surface area contributed by atoms with E-state index in [4.69, 9.17) is 46.4 Å². The zero-order valence-corrected chi connectivity index (χ0v) is 26.3. The molecule has 3 heterocycles. The molecule has 3 atom stereocenters. The lowest BCUT2D eigenvalue weighted by Crippen LogP contribution is -2.20. The van der Waals surface area contributed by atoms with E-state index < -0.39 is 0 Å². The van der Waals surface area contributed by atoms with Gasteiger partial charge in [0, 0.05) is 13.6 Å². The standard InChI is InChI=1S/C15H28O5.C14H20ClN5O2/c1-4-6-16-7-8-17-9-10-18-11-12-19-13-14-20-15(3)5-2;1-3-6-19(2)12-10-7-16-20(13(10)18-14(15)17-12)11-5-4-9(8-21)22-11/h1,15H,5-14H2,2-3H3;7,9,11,21H,3-6,8H2,1-2H3. The zero-order valence-electron chi connectivity index (χ0n) is 25.5. The maximum atomic E-state index is 9.21. The average Bonchev–Trinajstić information content (AvgIpc) is 3.64. The molecule has 42 heavy (non-hydrogen) atoms. The number of aliphatic hydroxyl groups excluding tert-OH is 1. The second-order valence-corrected chi connectivity index (χ2v) is 10.1. The quantitative estimate of drug-likeness (QED) is 0.134. The second-order valence-electron chi connectivity index (χ2n) is 9.72. The van der Waals surface area contributed by atoms with Gasteiger partial charge in [-0.15, -0.1) is 6.42 Å². The maximum absolute atomic E-state index is 9.21. The van der Waals surface area contributed by atoms with Crippen molar-refractivity contribution in [3.8, 4) is 12.3 Å². The molecular formula is C29H48ClN5O7. The van der Waals surface area contributed by atoms with Gasteiger partial charge in [0.1, 0.15) is 12.4 Å². The Kier molecular flexibility index (Phi) is 18.6. The number of nitrogens with zero attached hydrogens (tertiary/aromatic N) is 5. The molecule has 2 aromatic heterocycles. The number of rotatable bonds is 20. The van der Waals surface area contributed by atoms with Gasteiger partial charge in [-0.3, -0.25) is 0 Å². The predicted octanol–water partition coefficient (Wildman–Crippen LogP) is 3.50. The first-order valence-corrected chi connectivity index (χ1v) is 15.1. The van der Waals surface area contributed by atoms with Crippen molar-refractivity contribution < 1.29 is 33.5 Å². The molecular weight excluding hydrogens is 566 g/mol. The molecule has 0 bridgehead atoms. The van der Waals surface area contributed by atoms with Gasteiger partial charge in [0.05, 0.1) is 83.3 Å². The molecule has 1 aliphatic rings. The van der Waals surface area contributed by atoms with Crippen LogP contribution in [-0.2, 0) is 28.4 Å². The number of terminal acetylenes is 1. The molecule has 1 N–H and O–H groups in total. The number of anilines is 1. The van der Waals surface area contributed by atoms with Crippen molar-refractivity contribution in [1.29, 1.82) is 0 Å². The number of fused-ring (bicyclic) bond motifs is 1. The number of hydrogen-bond donors (Lipinski definition) is 1. The van der Waals surface area contributed by atoms with Crippen LogP contribution >= 0.6 is 11.6 Å². The van der Waals surface area contributed by atoms with E-state index in [1.165, 1.54) is 0 Å². The predicted molar refractivity (Wildman–Crippen MR) is 162 cm³/mol. The fraction of sp³-hybridized carbons (Fsp3) is 0.759. The van der Waals surface area contributed by atoms with Crippen LogP contribution in [0, 0.1) is 12.3 Å². The van der Waals surface area contributed by atoms with E-state index in [-0.39, 0.29) is 24.2 Å². The zero-order chi connectivity index (χ0) is 30.6. The fourth-order valence-electron chi connectivity index (χ4n) is 4.05. The highest BCUT2D eigenvalue weighted by atomic mass is 35.5. The molecule has 13 heteroatoms. The monoisotopic (exact) mass is 613 g/mol. The van der Waals surface area contributed by atoms with Crippen LogP contribution in [0.25, 0.3) is 11.0 Å². The van der Waals surface area contributed by atoms with Gasteiger partial charge < -0.3 is 38.4 Å². The third kappa shape index (κ3) is 13.1. The van der Waals surface area contributed by atoms with Crippen molar-refractivity contribution in [3.05, 3.63) is 11.5 Å². The largest absolute Gasteiger partial charge is 0.394 e. The van der Waals surface area contributed by atoms with Gasteiger partial charge in [-0.2, -0.15) is 15.1 Å².